The number of benzene rings is 1. The second kappa shape index (κ2) is 7.28. The normalized spacial score (nSPS) is 10.6. The molecular formula is C19H15N5OS. The molecule has 3 aromatic heterocycles. The Labute approximate surface area is 154 Å². The summed E-state index contributed by atoms with van der Waals surface area (Å²) in [6, 6.07) is 17.2. The van der Waals surface area contributed by atoms with E-state index in [0.29, 0.717) is 23.2 Å². The molecule has 3 heterocycles. The van der Waals surface area contributed by atoms with E-state index in [1.807, 2.05) is 59.3 Å². The van der Waals surface area contributed by atoms with Crippen LogP contribution in [0.3, 0.4) is 0 Å². The van der Waals surface area contributed by atoms with Gasteiger partial charge in [0.15, 0.2) is 5.82 Å². The highest BCUT2D eigenvalue weighted by molar-refractivity contribution is 7.10. The van der Waals surface area contributed by atoms with E-state index in [0.717, 1.165) is 11.1 Å². The Bertz CT molecular complexity index is 1010. The highest BCUT2D eigenvalue weighted by Gasteiger charge is 2.14. The molecule has 6 nitrogen and oxygen atoms in total. The van der Waals surface area contributed by atoms with Crippen molar-refractivity contribution in [1.29, 1.82) is 0 Å². The van der Waals surface area contributed by atoms with Gasteiger partial charge < -0.3 is 4.57 Å². The topological polar surface area (TPSA) is 72.7 Å². The quantitative estimate of drug-likeness (QED) is 0.588. The number of hydrogen-bond donors (Lipinski definition) is 1. The van der Waals surface area contributed by atoms with Crippen molar-refractivity contribution in [2.24, 2.45) is 0 Å². The Morgan fingerprint density at radius 2 is 1.85 bits per heavy atom. The lowest BCUT2D eigenvalue weighted by molar-refractivity contribution is 0.101. The second-order valence-electron chi connectivity index (χ2n) is 5.62. The average molecular weight is 361 g/mol. The van der Waals surface area contributed by atoms with Crippen LogP contribution in [0.1, 0.15) is 16.1 Å². The summed E-state index contributed by atoms with van der Waals surface area (Å²) in [5.41, 5.74) is 2.57. The molecule has 0 saturated heterocycles. The molecule has 0 aliphatic heterocycles. The van der Waals surface area contributed by atoms with Gasteiger partial charge in [-0.1, -0.05) is 30.3 Å². The number of carbonyl (C=O) groups excluding carboxylic acids is 1. The Kier molecular flexibility index (Phi) is 4.53. The van der Waals surface area contributed by atoms with Crippen LogP contribution in [-0.4, -0.2) is 24.8 Å². The molecule has 4 aromatic rings. The Morgan fingerprint density at radius 3 is 2.65 bits per heavy atom. The number of anilines is 1. The number of nitrogens with zero attached hydrogens (tertiary/aromatic N) is 4. The summed E-state index contributed by atoms with van der Waals surface area (Å²) in [4.78, 5) is 21.0. The first kappa shape index (κ1) is 16.2. The van der Waals surface area contributed by atoms with E-state index >= 15 is 0 Å². The van der Waals surface area contributed by atoms with Gasteiger partial charge in [-0.15, -0.1) is 0 Å². The number of pyridine rings is 1. The molecular weight excluding hydrogens is 346 g/mol. The van der Waals surface area contributed by atoms with Crippen molar-refractivity contribution in [2.75, 3.05) is 5.32 Å². The van der Waals surface area contributed by atoms with Crippen LogP contribution in [0.2, 0.25) is 0 Å². The molecule has 0 saturated carbocycles. The Hall–Kier alpha value is -3.32. The standard InChI is InChI=1S/C19H15N5OS/c25-18(16-7-4-12-24(16)13-14-8-10-20-11-9-14)22-19-21-17(23-26-19)15-5-2-1-3-6-15/h1-12H,13H2,(H,21,22,23,25). The lowest BCUT2D eigenvalue weighted by atomic mass is 10.2. The molecule has 0 unspecified atom stereocenters. The molecule has 4 rings (SSSR count). The largest absolute Gasteiger partial charge is 0.339 e. The zero-order chi connectivity index (χ0) is 17.8. The second-order valence-corrected chi connectivity index (χ2v) is 6.37. The molecule has 1 amide bonds. The molecule has 7 heteroatoms. The Balaban J connectivity index is 1.49. The van der Waals surface area contributed by atoms with Crippen molar-refractivity contribution < 1.29 is 4.79 Å². The van der Waals surface area contributed by atoms with Crippen molar-refractivity contribution in [1.82, 2.24) is 18.9 Å². The Morgan fingerprint density at radius 1 is 1.04 bits per heavy atom. The molecule has 0 fully saturated rings. The van der Waals surface area contributed by atoms with Crippen LogP contribution in [0.15, 0.2) is 73.2 Å². The minimum absolute atomic E-state index is 0.209. The third-order valence-electron chi connectivity index (χ3n) is 3.84. The predicted molar refractivity (Wildman–Crippen MR) is 101 cm³/mol. The number of carbonyl (C=O) groups is 1. The molecule has 1 N–H and O–H groups in total. The van der Waals surface area contributed by atoms with Crippen LogP contribution < -0.4 is 5.32 Å². The minimum atomic E-state index is -0.209. The first-order chi connectivity index (χ1) is 12.8. The molecule has 128 valence electrons. The molecule has 0 aliphatic carbocycles. The number of amides is 1. The number of rotatable bonds is 5. The van der Waals surface area contributed by atoms with E-state index in [-0.39, 0.29) is 5.91 Å². The zero-order valence-corrected chi connectivity index (χ0v) is 14.6. The minimum Gasteiger partial charge on any atom is -0.339 e. The van der Waals surface area contributed by atoms with Crippen LogP contribution in [-0.2, 0) is 6.54 Å². The van der Waals surface area contributed by atoms with Gasteiger partial charge in [0.25, 0.3) is 5.91 Å². The molecule has 0 aliphatic rings. The van der Waals surface area contributed by atoms with Gasteiger partial charge in [0.2, 0.25) is 5.13 Å². The monoisotopic (exact) mass is 361 g/mol. The first-order valence-corrected chi connectivity index (χ1v) is 8.81. The summed E-state index contributed by atoms with van der Waals surface area (Å²) >= 11 is 1.17. The molecule has 0 spiro atoms. The van der Waals surface area contributed by atoms with E-state index in [9.17, 15) is 4.79 Å². The van der Waals surface area contributed by atoms with Gasteiger partial charge in [0.1, 0.15) is 5.69 Å². The highest BCUT2D eigenvalue weighted by atomic mass is 32.1. The fourth-order valence-corrected chi connectivity index (χ4v) is 3.17. The van der Waals surface area contributed by atoms with Gasteiger partial charge >= 0.3 is 0 Å². The third-order valence-corrected chi connectivity index (χ3v) is 4.47. The van der Waals surface area contributed by atoms with E-state index < -0.39 is 0 Å². The summed E-state index contributed by atoms with van der Waals surface area (Å²) in [7, 11) is 0. The van der Waals surface area contributed by atoms with E-state index in [2.05, 4.69) is 19.7 Å². The van der Waals surface area contributed by atoms with Gasteiger partial charge in [-0.2, -0.15) is 9.36 Å². The summed E-state index contributed by atoms with van der Waals surface area (Å²) in [6.07, 6.45) is 5.36. The number of aromatic nitrogens is 4. The molecule has 0 atom stereocenters. The van der Waals surface area contributed by atoms with Gasteiger partial charge in [-0.25, -0.2) is 0 Å². The lowest BCUT2D eigenvalue weighted by Gasteiger charge is -2.08. The smallest absolute Gasteiger partial charge is 0.274 e. The number of nitrogens with one attached hydrogen (secondary N) is 1. The maximum absolute atomic E-state index is 12.6. The SMILES string of the molecule is O=C(Nc1nc(-c2ccccc2)ns1)c1cccn1Cc1ccncc1. The van der Waals surface area contributed by atoms with Crippen molar-refractivity contribution in [2.45, 2.75) is 6.54 Å². The molecule has 0 bridgehead atoms. The third kappa shape index (κ3) is 3.52. The molecule has 0 radical (unpaired) electrons. The number of hydrogen-bond acceptors (Lipinski definition) is 5. The fraction of sp³-hybridized carbons (Fsp3) is 0.0526. The maximum Gasteiger partial charge on any atom is 0.274 e. The fourth-order valence-electron chi connectivity index (χ4n) is 2.58. The lowest BCUT2D eigenvalue weighted by Crippen LogP contribution is -2.17. The first-order valence-electron chi connectivity index (χ1n) is 8.04. The van der Waals surface area contributed by atoms with Crippen molar-refractivity contribution in [3.05, 3.63) is 84.4 Å². The summed E-state index contributed by atoms with van der Waals surface area (Å²) in [5, 5.41) is 3.31. The highest BCUT2D eigenvalue weighted by Crippen LogP contribution is 2.21. The average Bonchev–Trinajstić information content (AvgIpc) is 3.33. The van der Waals surface area contributed by atoms with Gasteiger partial charge in [-0.3, -0.25) is 15.1 Å². The van der Waals surface area contributed by atoms with E-state index in [1.165, 1.54) is 11.5 Å². The van der Waals surface area contributed by atoms with Crippen molar-refractivity contribution in [3.8, 4) is 11.4 Å². The van der Waals surface area contributed by atoms with Gasteiger partial charge in [-0.05, 0) is 29.8 Å². The van der Waals surface area contributed by atoms with E-state index in [1.54, 1.807) is 18.5 Å². The van der Waals surface area contributed by atoms with Crippen molar-refractivity contribution in [3.63, 3.8) is 0 Å². The summed E-state index contributed by atoms with van der Waals surface area (Å²) in [6.45, 7) is 0.601. The van der Waals surface area contributed by atoms with Crippen molar-refractivity contribution >= 4 is 22.6 Å². The van der Waals surface area contributed by atoms with Crippen LogP contribution in [0.25, 0.3) is 11.4 Å². The van der Waals surface area contributed by atoms with Gasteiger partial charge in [0.05, 0.1) is 0 Å². The zero-order valence-electron chi connectivity index (χ0n) is 13.7. The van der Waals surface area contributed by atoms with Gasteiger partial charge in [0, 0.05) is 42.2 Å². The molecule has 26 heavy (non-hydrogen) atoms. The van der Waals surface area contributed by atoms with Crippen LogP contribution in [0.4, 0.5) is 5.13 Å². The molecule has 1 aromatic carbocycles. The maximum atomic E-state index is 12.6. The summed E-state index contributed by atoms with van der Waals surface area (Å²) in [5.74, 6) is 0.401. The summed E-state index contributed by atoms with van der Waals surface area (Å²) < 4.78 is 6.21. The van der Waals surface area contributed by atoms with Crippen LogP contribution in [0.5, 0.6) is 0 Å². The van der Waals surface area contributed by atoms with E-state index in [4.69, 9.17) is 0 Å². The predicted octanol–water partition coefficient (Wildman–Crippen LogP) is 3.70. The van der Waals surface area contributed by atoms with Crippen LogP contribution in [0, 0.1) is 0 Å². The van der Waals surface area contributed by atoms with Crippen LogP contribution >= 0.6 is 11.5 Å².